The molecule has 0 radical (unpaired) electrons. The summed E-state index contributed by atoms with van der Waals surface area (Å²) in [5.41, 5.74) is 1.03. The molecule has 11 nitrogen and oxygen atoms in total. The Labute approximate surface area is 205 Å². The molecule has 1 heterocycles. The van der Waals surface area contributed by atoms with Crippen LogP contribution in [0.4, 0.5) is 11.4 Å². The molecular formula is C22H29N5O6S2. The van der Waals surface area contributed by atoms with E-state index < -0.39 is 20.0 Å². The van der Waals surface area contributed by atoms with Gasteiger partial charge in [-0.2, -0.15) is 4.31 Å². The third kappa shape index (κ3) is 7.32. The minimum absolute atomic E-state index is 0.0898. The van der Waals surface area contributed by atoms with Crippen LogP contribution in [0.3, 0.4) is 0 Å². The zero-order valence-electron chi connectivity index (χ0n) is 19.5. The van der Waals surface area contributed by atoms with E-state index in [4.69, 9.17) is 0 Å². The van der Waals surface area contributed by atoms with E-state index in [9.17, 15) is 26.4 Å². The number of rotatable bonds is 9. The maximum Gasteiger partial charge on any atom is 0.243 e. The van der Waals surface area contributed by atoms with Gasteiger partial charge in [0, 0.05) is 64.5 Å². The molecule has 190 valence electrons. The van der Waals surface area contributed by atoms with Gasteiger partial charge in [-0.15, -0.1) is 0 Å². The standard InChI is InChI=1S/C22H29N5O6S2/c1-17(28)24-19-3-7-21(8-4-19)34(30,31)23-11-12-26-13-15-27(16-14-26)35(32,33)22-9-5-20(6-10-22)25-18(2)29/h3-10,23H,11-16H2,1-2H3,(H,24,28)(H,25,29). The van der Waals surface area contributed by atoms with E-state index in [-0.39, 0.29) is 41.2 Å². The van der Waals surface area contributed by atoms with Crippen molar-refractivity contribution in [2.75, 3.05) is 49.9 Å². The summed E-state index contributed by atoms with van der Waals surface area (Å²) in [6.45, 7) is 4.86. The lowest BCUT2D eigenvalue weighted by molar-refractivity contribution is -0.115. The van der Waals surface area contributed by atoms with E-state index in [1.165, 1.54) is 54.6 Å². The van der Waals surface area contributed by atoms with Crippen molar-refractivity contribution in [3.05, 3.63) is 48.5 Å². The van der Waals surface area contributed by atoms with Crippen LogP contribution in [0.1, 0.15) is 13.8 Å². The fourth-order valence-electron chi connectivity index (χ4n) is 3.60. The Morgan fingerprint density at radius 1 is 0.743 bits per heavy atom. The molecule has 1 aliphatic heterocycles. The minimum atomic E-state index is -3.71. The first-order valence-corrected chi connectivity index (χ1v) is 13.9. The number of carbonyl (C=O) groups excluding carboxylic acids is 2. The van der Waals surface area contributed by atoms with Crippen LogP contribution in [-0.4, -0.2) is 77.1 Å². The van der Waals surface area contributed by atoms with Gasteiger partial charge in [0.15, 0.2) is 0 Å². The van der Waals surface area contributed by atoms with Crippen LogP contribution >= 0.6 is 0 Å². The van der Waals surface area contributed by atoms with Gasteiger partial charge < -0.3 is 10.6 Å². The Morgan fingerprint density at radius 3 is 1.66 bits per heavy atom. The molecule has 3 N–H and O–H groups in total. The quantitative estimate of drug-likeness (QED) is 0.443. The van der Waals surface area contributed by atoms with Crippen LogP contribution in [0.2, 0.25) is 0 Å². The number of hydrogen-bond donors (Lipinski definition) is 3. The number of anilines is 2. The molecular weight excluding hydrogens is 494 g/mol. The van der Waals surface area contributed by atoms with Crippen molar-refractivity contribution >= 4 is 43.2 Å². The van der Waals surface area contributed by atoms with E-state index in [2.05, 4.69) is 15.4 Å². The van der Waals surface area contributed by atoms with Gasteiger partial charge in [0.2, 0.25) is 31.9 Å². The summed E-state index contributed by atoms with van der Waals surface area (Å²) < 4.78 is 54.8. The first-order chi connectivity index (χ1) is 16.5. The zero-order valence-corrected chi connectivity index (χ0v) is 21.2. The summed E-state index contributed by atoms with van der Waals surface area (Å²) >= 11 is 0. The van der Waals surface area contributed by atoms with Crippen LogP contribution < -0.4 is 15.4 Å². The van der Waals surface area contributed by atoms with E-state index in [0.717, 1.165) is 0 Å². The number of nitrogens with one attached hydrogen (secondary N) is 3. The molecule has 1 fully saturated rings. The van der Waals surface area contributed by atoms with Crippen molar-refractivity contribution in [1.29, 1.82) is 0 Å². The molecule has 0 aromatic heterocycles. The summed E-state index contributed by atoms with van der Waals surface area (Å²) in [6, 6.07) is 11.9. The number of benzene rings is 2. The van der Waals surface area contributed by atoms with Crippen molar-refractivity contribution < 1.29 is 26.4 Å². The zero-order chi connectivity index (χ0) is 25.6. The van der Waals surface area contributed by atoms with Crippen molar-refractivity contribution in [3.8, 4) is 0 Å². The average molecular weight is 524 g/mol. The van der Waals surface area contributed by atoms with E-state index in [1.54, 1.807) is 12.1 Å². The highest BCUT2D eigenvalue weighted by atomic mass is 32.2. The summed E-state index contributed by atoms with van der Waals surface area (Å²) in [5.74, 6) is -0.481. The largest absolute Gasteiger partial charge is 0.326 e. The number of piperazine rings is 1. The third-order valence-corrected chi connectivity index (χ3v) is 8.74. The summed E-state index contributed by atoms with van der Waals surface area (Å²) in [5, 5.41) is 5.18. The molecule has 1 aliphatic rings. The van der Waals surface area contributed by atoms with Gasteiger partial charge in [-0.1, -0.05) is 0 Å². The highest BCUT2D eigenvalue weighted by molar-refractivity contribution is 7.89. The number of nitrogens with zero attached hydrogens (tertiary/aromatic N) is 2. The number of amides is 2. The van der Waals surface area contributed by atoms with Gasteiger partial charge in [0.05, 0.1) is 9.79 Å². The molecule has 2 aromatic rings. The lowest BCUT2D eigenvalue weighted by Gasteiger charge is -2.34. The second-order valence-corrected chi connectivity index (χ2v) is 11.8. The van der Waals surface area contributed by atoms with E-state index >= 15 is 0 Å². The summed E-state index contributed by atoms with van der Waals surface area (Å²) in [6.07, 6.45) is 0. The highest BCUT2D eigenvalue weighted by Gasteiger charge is 2.28. The van der Waals surface area contributed by atoms with Gasteiger partial charge >= 0.3 is 0 Å². The Hall–Kier alpha value is -2.84. The Bertz CT molecular complexity index is 1250. The number of carbonyl (C=O) groups is 2. The minimum Gasteiger partial charge on any atom is -0.326 e. The molecule has 2 amide bonds. The third-order valence-electron chi connectivity index (χ3n) is 5.35. The number of hydrogen-bond acceptors (Lipinski definition) is 7. The predicted molar refractivity (Wildman–Crippen MR) is 132 cm³/mol. The molecule has 0 unspecified atom stereocenters. The molecule has 1 saturated heterocycles. The average Bonchev–Trinajstić information content (AvgIpc) is 2.79. The van der Waals surface area contributed by atoms with Crippen LogP contribution in [0.15, 0.2) is 58.3 Å². The normalized spacial score (nSPS) is 15.5. The second-order valence-electron chi connectivity index (χ2n) is 8.05. The van der Waals surface area contributed by atoms with Crippen LogP contribution in [0.25, 0.3) is 0 Å². The molecule has 2 aromatic carbocycles. The van der Waals surface area contributed by atoms with E-state index in [1.807, 2.05) is 4.90 Å². The Balaban J connectivity index is 1.48. The van der Waals surface area contributed by atoms with Gasteiger partial charge in [0.1, 0.15) is 0 Å². The topological polar surface area (TPSA) is 145 Å². The first kappa shape index (κ1) is 26.8. The Kier molecular flexibility index (Phi) is 8.61. The number of sulfonamides is 2. The maximum absolute atomic E-state index is 12.9. The smallest absolute Gasteiger partial charge is 0.243 e. The lowest BCUT2D eigenvalue weighted by Crippen LogP contribution is -2.50. The molecule has 0 atom stereocenters. The molecule has 0 bridgehead atoms. The second kappa shape index (κ2) is 11.3. The summed E-state index contributed by atoms with van der Waals surface area (Å²) in [4.78, 5) is 24.4. The molecule has 0 saturated carbocycles. The van der Waals surface area contributed by atoms with Gasteiger partial charge in [-0.25, -0.2) is 21.6 Å². The SMILES string of the molecule is CC(=O)Nc1ccc(S(=O)(=O)NCCN2CCN(S(=O)(=O)c3ccc(NC(C)=O)cc3)CC2)cc1. The maximum atomic E-state index is 12.9. The predicted octanol–water partition coefficient (Wildman–Crippen LogP) is 0.888. The first-order valence-electron chi connectivity index (χ1n) is 10.9. The molecule has 0 aliphatic carbocycles. The van der Waals surface area contributed by atoms with Crippen molar-refractivity contribution in [2.24, 2.45) is 0 Å². The van der Waals surface area contributed by atoms with Crippen molar-refractivity contribution in [2.45, 2.75) is 23.6 Å². The molecule has 13 heteroatoms. The molecule has 35 heavy (non-hydrogen) atoms. The van der Waals surface area contributed by atoms with Gasteiger partial charge in [0.25, 0.3) is 0 Å². The Morgan fingerprint density at radius 2 is 1.20 bits per heavy atom. The monoisotopic (exact) mass is 523 g/mol. The van der Waals surface area contributed by atoms with Gasteiger partial charge in [-0.05, 0) is 48.5 Å². The van der Waals surface area contributed by atoms with Crippen molar-refractivity contribution in [3.63, 3.8) is 0 Å². The lowest BCUT2D eigenvalue weighted by atomic mass is 10.3. The van der Waals surface area contributed by atoms with E-state index in [0.29, 0.717) is 31.0 Å². The molecule has 0 spiro atoms. The summed E-state index contributed by atoms with van der Waals surface area (Å²) in [7, 11) is -7.37. The van der Waals surface area contributed by atoms with Crippen molar-refractivity contribution in [1.82, 2.24) is 13.9 Å². The highest BCUT2D eigenvalue weighted by Crippen LogP contribution is 2.20. The van der Waals surface area contributed by atoms with Crippen LogP contribution in [-0.2, 0) is 29.6 Å². The van der Waals surface area contributed by atoms with Crippen LogP contribution in [0, 0.1) is 0 Å². The fraction of sp³-hybridized carbons (Fsp3) is 0.364. The van der Waals surface area contributed by atoms with Crippen LogP contribution in [0.5, 0.6) is 0 Å². The van der Waals surface area contributed by atoms with Gasteiger partial charge in [-0.3, -0.25) is 14.5 Å². The fourth-order valence-corrected chi connectivity index (χ4v) is 6.04. The molecule has 3 rings (SSSR count).